The Bertz CT molecular complexity index is 457. The minimum Gasteiger partial charge on any atom is -0.315 e. The second-order valence-corrected chi connectivity index (χ2v) is 11.4. The van der Waals surface area contributed by atoms with Gasteiger partial charge >= 0.3 is 0 Å². The molecule has 0 aliphatic carbocycles. The molecule has 0 atom stereocenters. The Morgan fingerprint density at radius 1 is 0.556 bits per heavy atom. The van der Waals surface area contributed by atoms with Crippen LogP contribution in [0.4, 0.5) is 0 Å². The molecule has 0 unspecified atom stereocenters. The van der Waals surface area contributed by atoms with Crippen LogP contribution in [0, 0.1) is 44.3 Å². The quantitative estimate of drug-likeness (QED) is 0.405. The third kappa shape index (κ3) is 13.7. The first kappa shape index (κ1) is 25.9. The van der Waals surface area contributed by atoms with Gasteiger partial charge in [0, 0.05) is 39.0 Å². The Labute approximate surface area is 169 Å². The van der Waals surface area contributed by atoms with E-state index in [-0.39, 0.29) is 21.7 Å². The summed E-state index contributed by atoms with van der Waals surface area (Å²) in [5.41, 5.74) is 0.940. The molecule has 0 aromatic heterocycles. The summed E-state index contributed by atoms with van der Waals surface area (Å²) in [6.45, 7) is 22.3. The molecule has 0 spiro atoms. The van der Waals surface area contributed by atoms with Crippen molar-refractivity contribution in [2.75, 3.05) is 26.2 Å². The zero-order chi connectivity index (χ0) is 21.2. The predicted octanol–water partition coefficient (Wildman–Crippen LogP) is 5.27. The third-order valence-corrected chi connectivity index (χ3v) is 4.91. The summed E-state index contributed by atoms with van der Waals surface area (Å²) in [6, 6.07) is 4.39. The number of nitrogens with zero attached hydrogens (tertiary/aromatic N) is 2. The van der Waals surface area contributed by atoms with E-state index in [9.17, 15) is 0 Å². The van der Waals surface area contributed by atoms with Gasteiger partial charge in [0.25, 0.3) is 0 Å². The van der Waals surface area contributed by atoms with Gasteiger partial charge in [-0.1, -0.05) is 55.4 Å². The first-order valence-corrected chi connectivity index (χ1v) is 10.4. The zero-order valence-electron chi connectivity index (χ0n) is 19.3. The second-order valence-electron chi connectivity index (χ2n) is 11.4. The molecular weight excluding hydrogens is 332 g/mol. The van der Waals surface area contributed by atoms with E-state index in [0.29, 0.717) is 12.8 Å². The summed E-state index contributed by atoms with van der Waals surface area (Å²) in [5, 5.41) is 24.2. The Hall–Kier alpha value is -1.10. The van der Waals surface area contributed by atoms with Crippen LogP contribution in [-0.2, 0) is 0 Å². The van der Waals surface area contributed by atoms with E-state index in [4.69, 9.17) is 10.5 Å². The smallest absolute Gasteiger partial charge is 0.0635 e. The molecule has 156 valence electrons. The molecule has 0 heterocycles. The number of hydrogen-bond acceptors (Lipinski definition) is 4. The van der Waals surface area contributed by atoms with E-state index < -0.39 is 0 Å². The highest BCUT2D eigenvalue weighted by Crippen LogP contribution is 2.46. The lowest BCUT2D eigenvalue weighted by atomic mass is 9.64. The summed E-state index contributed by atoms with van der Waals surface area (Å²) in [4.78, 5) is 0. The van der Waals surface area contributed by atoms with Crippen LogP contribution in [0.3, 0.4) is 0 Å². The molecule has 0 saturated heterocycles. The minimum atomic E-state index is 0.212. The Morgan fingerprint density at radius 3 is 1.15 bits per heavy atom. The molecule has 0 fully saturated rings. The number of rotatable bonds is 14. The fraction of sp³-hybridized carbons (Fsp3) is 0.913. The summed E-state index contributed by atoms with van der Waals surface area (Å²) in [7, 11) is 0. The van der Waals surface area contributed by atoms with E-state index in [2.05, 4.69) is 78.2 Å². The molecule has 0 rings (SSSR count). The number of nitriles is 2. The standard InChI is InChI=1S/C23H44N4/c1-20(2,16-22(5,6)18-26-13-9-11-24)15-21(3,4)17-23(7,8)19-27-14-10-12-25/h26-27H,9-10,13-19H2,1-8H3. The van der Waals surface area contributed by atoms with Crippen LogP contribution in [-0.4, -0.2) is 26.2 Å². The monoisotopic (exact) mass is 376 g/mol. The summed E-state index contributed by atoms with van der Waals surface area (Å²) in [5.74, 6) is 0. The van der Waals surface area contributed by atoms with Crippen LogP contribution in [0.25, 0.3) is 0 Å². The molecule has 0 bridgehead atoms. The van der Waals surface area contributed by atoms with Gasteiger partial charge in [-0.2, -0.15) is 10.5 Å². The largest absolute Gasteiger partial charge is 0.315 e. The average Bonchev–Trinajstić information content (AvgIpc) is 2.44. The normalized spacial score (nSPS) is 13.3. The van der Waals surface area contributed by atoms with Crippen LogP contribution in [0.5, 0.6) is 0 Å². The van der Waals surface area contributed by atoms with Crippen molar-refractivity contribution >= 4 is 0 Å². The molecular formula is C23H44N4. The Morgan fingerprint density at radius 2 is 0.852 bits per heavy atom. The van der Waals surface area contributed by atoms with Crippen LogP contribution in [0.15, 0.2) is 0 Å². The van der Waals surface area contributed by atoms with E-state index in [1.54, 1.807) is 0 Å². The van der Waals surface area contributed by atoms with Crippen molar-refractivity contribution in [1.82, 2.24) is 10.6 Å². The van der Waals surface area contributed by atoms with E-state index in [0.717, 1.165) is 39.0 Å². The molecule has 4 heteroatoms. The van der Waals surface area contributed by atoms with E-state index >= 15 is 0 Å². The van der Waals surface area contributed by atoms with Crippen LogP contribution >= 0.6 is 0 Å². The topological polar surface area (TPSA) is 71.6 Å². The van der Waals surface area contributed by atoms with Crippen molar-refractivity contribution in [3.05, 3.63) is 0 Å². The summed E-state index contributed by atoms with van der Waals surface area (Å²) in [6.07, 6.45) is 4.64. The lowest BCUT2D eigenvalue weighted by Crippen LogP contribution is -2.38. The third-order valence-electron chi connectivity index (χ3n) is 4.91. The van der Waals surface area contributed by atoms with Crippen molar-refractivity contribution < 1.29 is 0 Å². The first-order valence-electron chi connectivity index (χ1n) is 10.4. The van der Waals surface area contributed by atoms with Gasteiger partial charge in [0.05, 0.1) is 12.1 Å². The fourth-order valence-corrected chi connectivity index (χ4v) is 5.28. The van der Waals surface area contributed by atoms with Crippen molar-refractivity contribution in [1.29, 1.82) is 10.5 Å². The van der Waals surface area contributed by atoms with Gasteiger partial charge in [-0.3, -0.25) is 0 Å². The molecule has 0 aliphatic rings. The molecule has 0 amide bonds. The zero-order valence-corrected chi connectivity index (χ0v) is 19.3. The SMILES string of the molecule is CC(C)(CNCCC#N)CC(C)(C)CC(C)(C)CC(C)(C)CNCCC#N. The average molecular weight is 377 g/mol. The summed E-state index contributed by atoms with van der Waals surface area (Å²) >= 11 is 0. The van der Waals surface area contributed by atoms with Crippen LogP contribution in [0.1, 0.15) is 87.5 Å². The van der Waals surface area contributed by atoms with Gasteiger partial charge in [-0.15, -0.1) is 0 Å². The highest BCUT2D eigenvalue weighted by molar-refractivity contribution is 4.89. The minimum absolute atomic E-state index is 0.212. The molecule has 0 aromatic carbocycles. The molecule has 0 radical (unpaired) electrons. The van der Waals surface area contributed by atoms with Gasteiger partial charge in [0.15, 0.2) is 0 Å². The van der Waals surface area contributed by atoms with Gasteiger partial charge in [-0.25, -0.2) is 0 Å². The lowest BCUT2D eigenvalue weighted by molar-refractivity contribution is 0.0887. The van der Waals surface area contributed by atoms with Crippen LogP contribution in [0.2, 0.25) is 0 Å². The van der Waals surface area contributed by atoms with E-state index in [1.165, 1.54) is 6.42 Å². The van der Waals surface area contributed by atoms with Gasteiger partial charge in [-0.05, 0) is 40.9 Å². The maximum atomic E-state index is 8.67. The van der Waals surface area contributed by atoms with Crippen molar-refractivity contribution in [2.45, 2.75) is 87.5 Å². The van der Waals surface area contributed by atoms with Gasteiger partial charge < -0.3 is 10.6 Å². The van der Waals surface area contributed by atoms with Gasteiger partial charge in [0.2, 0.25) is 0 Å². The van der Waals surface area contributed by atoms with Crippen molar-refractivity contribution in [3.63, 3.8) is 0 Å². The Balaban J connectivity index is 4.65. The number of nitrogens with one attached hydrogen (secondary N) is 2. The lowest BCUT2D eigenvalue weighted by Gasteiger charge is -2.43. The highest BCUT2D eigenvalue weighted by Gasteiger charge is 2.36. The molecule has 4 nitrogen and oxygen atoms in total. The molecule has 2 N–H and O–H groups in total. The molecule has 0 saturated carbocycles. The fourth-order valence-electron chi connectivity index (χ4n) is 5.28. The van der Waals surface area contributed by atoms with E-state index in [1.807, 2.05) is 0 Å². The van der Waals surface area contributed by atoms with Crippen molar-refractivity contribution in [3.8, 4) is 12.1 Å². The maximum Gasteiger partial charge on any atom is 0.0635 e. The molecule has 27 heavy (non-hydrogen) atoms. The number of hydrogen-bond donors (Lipinski definition) is 2. The van der Waals surface area contributed by atoms with Crippen LogP contribution < -0.4 is 10.6 Å². The first-order chi connectivity index (χ1) is 12.2. The second kappa shape index (κ2) is 11.0. The van der Waals surface area contributed by atoms with Crippen molar-refractivity contribution in [2.24, 2.45) is 21.7 Å². The maximum absolute atomic E-state index is 8.67. The molecule has 0 aliphatic heterocycles. The Kier molecular flexibility index (Phi) is 10.6. The highest BCUT2D eigenvalue weighted by atomic mass is 14.9. The summed E-state index contributed by atoms with van der Waals surface area (Å²) < 4.78 is 0. The molecule has 0 aromatic rings. The predicted molar refractivity (Wildman–Crippen MR) is 115 cm³/mol. The van der Waals surface area contributed by atoms with Gasteiger partial charge in [0.1, 0.15) is 0 Å².